The van der Waals surface area contributed by atoms with Crippen LogP contribution in [0.5, 0.6) is 5.75 Å². The summed E-state index contributed by atoms with van der Waals surface area (Å²) in [7, 11) is 5.77. The molecule has 29 heavy (non-hydrogen) atoms. The Morgan fingerprint density at radius 1 is 1.17 bits per heavy atom. The van der Waals surface area contributed by atoms with Crippen LogP contribution >= 0.6 is 24.0 Å². The van der Waals surface area contributed by atoms with E-state index in [1.807, 2.05) is 31.3 Å². The molecule has 0 spiro atoms. The molecule has 0 radical (unpaired) electrons. The zero-order valence-electron chi connectivity index (χ0n) is 18.3. The Morgan fingerprint density at radius 2 is 1.86 bits per heavy atom. The van der Waals surface area contributed by atoms with Crippen molar-refractivity contribution in [2.75, 3.05) is 26.0 Å². The number of nitrogens with zero attached hydrogens (tertiary/aromatic N) is 3. The molecule has 1 aromatic heterocycles. The van der Waals surface area contributed by atoms with Crippen molar-refractivity contribution in [2.45, 2.75) is 46.4 Å². The van der Waals surface area contributed by atoms with E-state index in [-0.39, 0.29) is 30.1 Å². The fourth-order valence-corrected chi connectivity index (χ4v) is 2.77. The molecule has 0 aliphatic heterocycles. The van der Waals surface area contributed by atoms with Crippen LogP contribution in [0.4, 0.5) is 5.82 Å². The lowest BCUT2D eigenvalue weighted by molar-refractivity contribution is 0.215. The van der Waals surface area contributed by atoms with Gasteiger partial charge in [0.25, 0.3) is 0 Å². The van der Waals surface area contributed by atoms with E-state index in [1.54, 1.807) is 7.05 Å². The minimum atomic E-state index is 0. The number of benzene rings is 1. The van der Waals surface area contributed by atoms with Gasteiger partial charge in [0.15, 0.2) is 5.96 Å². The molecule has 0 saturated heterocycles. The van der Waals surface area contributed by atoms with Crippen molar-refractivity contribution < 1.29 is 4.74 Å². The summed E-state index contributed by atoms with van der Waals surface area (Å²) in [6.45, 7) is 7.59. The van der Waals surface area contributed by atoms with Gasteiger partial charge in [-0.2, -0.15) is 0 Å². The van der Waals surface area contributed by atoms with E-state index >= 15 is 0 Å². The Morgan fingerprint density at radius 3 is 2.48 bits per heavy atom. The summed E-state index contributed by atoms with van der Waals surface area (Å²) < 4.78 is 6.10. The van der Waals surface area contributed by atoms with Crippen LogP contribution in [0.3, 0.4) is 0 Å². The SMILES string of the molecule is CCC(C)Oc1cc(C)ccc1CNC(=NC)NCc1cccnc1N(C)C.I. The number of hydrogen-bond donors (Lipinski definition) is 2. The molecule has 0 fully saturated rings. The topological polar surface area (TPSA) is 61.8 Å². The average Bonchev–Trinajstić information content (AvgIpc) is 2.69. The van der Waals surface area contributed by atoms with Gasteiger partial charge in [0.05, 0.1) is 6.10 Å². The van der Waals surface area contributed by atoms with Gasteiger partial charge in [-0.3, -0.25) is 4.99 Å². The standard InChI is InChI=1S/C22H33N5O.HI/c1-7-17(3)28-20-13-16(2)10-11-18(20)14-25-22(23-4)26-15-19-9-8-12-24-21(19)27(5)6;/h8-13,17H,7,14-15H2,1-6H3,(H2,23,25,26);1H. The Hall–Kier alpha value is -2.03. The van der Waals surface area contributed by atoms with Gasteiger partial charge in [-0.05, 0) is 38.0 Å². The number of anilines is 1. The lowest BCUT2D eigenvalue weighted by Gasteiger charge is -2.19. The van der Waals surface area contributed by atoms with Gasteiger partial charge in [0.1, 0.15) is 11.6 Å². The first-order valence-electron chi connectivity index (χ1n) is 9.76. The molecule has 160 valence electrons. The van der Waals surface area contributed by atoms with Crippen LogP contribution in [0, 0.1) is 6.92 Å². The molecule has 1 unspecified atom stereocenters. The highest BCUT2D eigenvalue weighted by atomic mass is 127. The van der Waals surface area contributed by atoms with Crippen LogP contribution in [-0.4, -0.2) is 38.2 Å². The van der Waals surface area contributed by atoms with Crippen molar-refractivity contribution in [3.8, 4) is 5.75 Å². The summed E-state index contributed by atoms with van der Waals surface area (Å²) in [5.74, 6) is 2.62. The van der Waals surface area contributed by atoms with Crippen molar-refractivity contribution in [3.63, 3.8) is 0 Å². The second-order valence-electron chi connectivity index (χ2n) is 7.11. The average molecular weight is 511 g/mol. The Kier molecular flexibility index (Phi) is 10.8. The number of guanidine groups is 1. The molecule has 2 N–H and O–H groups in total. The third-order valence-electron chi connectivity index (χ3n) is 4.53. The summed E-state index contributed by atoms with van der Waals surface area (Å²) in [6, 6.07) is 10.3. The minimum Gasteiger partial charge on any atom is -0.490 e. The molecule has 1 heterocycles. The zero-order chi connectivity index (χ0) is 20.5. The van der Waals surface area contributed by atoms with E-state index in [2.05, 4.69) is 65.6 Å². The molecule has 1 atom stereocenters. The molecule has 0 amide bonds. The van der Waals surface area contributed by atoms with E-state index in [9.17, 15) is 0 Å². The second-order valence-corrected chi connectivity index (χ2v) is 7.11. The predicted octanol–water partition coefficient (Wildman–Crippen LogP) is 4.12. The van der Waals surface area contributed by atoms with Gasteiger partial charge in [-0.15, -0.1) is 24.0 Å². The fraction of sp³-hybridized carbons (Fsp3) is 0.455. The molecule has 0 saturated carbocycles. The summed E-state index contributed by atoms with van der Waals surface area (Å²) in [5, 5.41) is 6.75. The highest BCUT2D eigenvalue weighted by Crippen LogP contribution is 2.22. The smallest absolute Gasteiger partial charge is 0.191 e. The summed E-state index contributed by atoms with van der Waals surface area (Å²) in [4.78, 5) is 10.8. The normalized spacial score (nSPS) is 12.0. The number of hydrogen-bond acceptors (Lipinski definition) is 4. The molecular weight excluding hydrogens is 477 g/mol. The van der Waals surface area contributed by atoms with E-state index in [1.165, 1.54) is 5.56 Å². The minimum absolute atomic E-state index is 0. The summed E-state index contributed by atoms with van der Waals surface area (Å²) in [5.41, 5.74) is 3.42. The van der Waals surface area contributed by atoms with Crippen molar-refractivity contribution in [1.82, 2.24) is 15.6 Å². The van der Waals surface area contributed by atoms with E-state index in [0.29, 0.717) is 13.1 Å². The van der Waals surface area contributed by atoms with Crippen molar-refractivity contribution >= 4 is 35.8 Å². The van der Waals surface area contributed by atoms with Gasteiger partial charge < -0.3 is 20.3 Å². The molecule has 0 aliphatic carbocycles. The first-order chi connectivity index (χ1) is 13.4. The largest absolute Gasteiger partial charge is 0.490 e. The highest BCUT2D eigenvalue weighted by molar-refractivity contribution is 14.0. The predicted molar refractivity (Wildman–Crippen MR) is 133 cm³/mol. The van der Waals surface area contributed by atoms with Crippen LogP contribution in [-0.2, 0) is 13.1 Å². The maximum absolute atomic E-state index is 6.10. The van der Waals surface area contributed by atoms with Gasteiger partial charge in [0.2, 0.25) is 0 Å². The van der Waals surface area contributed by atoms with Gasteiger partial charge in [-0.25, -0.2) is 4.98 Å². The van der Waals surface area contributed by atoms with Gasteiger partial charge in [-0.1, -0.05) is 25.1 Å². The molecule has 0 aliphatic rings. The van der Waals surface area contributed by atoms with Crippen LogP contribution < -0.4 is 20.3 Å². The maximum Gasteiger partial charge on any atom is 0.191 e. The number of rotatable bonds is 8. The Labute approximate surface area is 192 Å². The van der Waals surface area contributed by atoms with Crippen molar-refractivity contribution in [2.24, 2.45) is 4.99 Å². The number of nitrogens with one attached hydrogen (secondary N) is 2. The third-order valence-corrected chi connectivity index (χ3v) is 4.53. The molecule has 2 aromatic rings. The molecule has 0 bridgehead atoms. The quantitative estimate of drug-likeness (QED) is 0.317. The molecule has 1 aromatic carbocycles. The number of ether oxygens (including phenoxy) is 1. The molecular formula is C22H34IN5O. The van der Waals surface area contributed by atoms with Gasteiger partial charge in [0, 0.05) is 51.6 Å². The lowest BCUT2D eigenvalue weighted by Crippen LogP contribution is -2.36. The first kappa shape index (κ1) is 25.0. The van der Waals surface area contributed by atoms with E-state index < -0.39 is 0 Å². The van der Waals surface area contributed by atoms with Crippen LogP contribution in [0.2, 0.25) is 0 Å². The van der Waals surface area contributed by atoms with Crippen molar-refractivity contribution in [3.05, 3.63) is 53.2 Å². The van der Waals surface area contributed by atoms with Crippen LogP contribution in [0.1, 0.15) is 37.0 Å². The summed E-state index contributed by atoms with van der Waals surface area (Å²) in [6.07, 6.45) is 2.97. The number of aryl methyl sites for hydroxylation is 1. The number of aliphatic imine (C=N–C) groups is 1. The highest BCUT2D eigenvalue weighted by Gasteiger charge is 2.10. The fourth-order valence-electron chi connectivity index (χ4n) is 2.77. The maximum atomic E-state index is 6.10. The number of aromatic nitrogens is 1. The first-order valence-corrected chi connectivity index (χ1v) is 9.76. The Balaban J connectivity index is 0.00000420. The molecule has 2 rings (SSSR count). The van der Waals surface area contributed by atoms with Crippen LogP contribution in [0.15, 0.2) is 41.5 Å². The third kappa shape index (κ3) is 7.72. The zero-order valence-corrected chi connectivity index (χ0v) is 20.7. The molecule has 7 heteroatoms. The van der Waals surface area contributed by atoms with Crippen LogP contribution in [0.25, 0.3) is 0 Å². The Bertz CT molecular complexity index is 795. The lowest BCUT2D eigenvalue weighted by atomic mass is 10.1. The second kappa shape index (κ2) is 12.5. The molecule has 6 nitrogen and oxygen atoms in total. The summed E-state index contributed by atoms with van der Waals surface area (Å²) >= 11 is 0. The van der Waals surface area contributed by atoms with Gasteiger partial charge >= 0.3 is 0 Å². The monoisotopic (exact) mass is 511 g/mol. The van der Waals surface area contributed by atoms with E-state index in [0.717, 1.165) is 35.1 Å². The van der Waals surface area contributed by atoms with Crippen molar-refractivity contribution in [1.29, 1.82) is 0 Å². The number of halogens is 1. The number of pyridine rings is 1. The van der Waals surface area contributed by atoms with E-state index in [4.69, 9.17) is 4.74 Å².